The van der Waals surface area contributed by atoms with Gasteiger partial charge in [0.15, 0.2) is 6.10 Å². The van der Waals surface area contributed by atoms with Crippen LogP contribution < -0.4 is 0 Å². The molecule has 0 heterocycles. The van der Waals surface area contributed by atoms with E-state index in [9.17, 15) is 14.4 Å². The third kappa shape index (κ3) is 44.5. The molecule has 0 aliphatic rings. The Morgan fingerprint density at radius 1 is 0.356 bits per heavy atom. The SMILES string of the molecule is CC\C=C/C=C\C=C/C=C\C=C/CCCCCC(=O)OCC(COC(=O)CCCC/C=C\C/C=C\C/C=C\CC)OC(=O)CCCCCC/C=C\C/C=C\C/C=C\CC. The van der Waals surface area contributed by atoms with Gasteiger partial charge in [0.2, 0.25) is 0 Å². The number of unbranched alkanes of at least 4 members (excludes halogenated alkanes) is 9. The monoisotopic (exact) mass is 813 g/mol. The second kappa shape index (κ2) is 46.2. The van der Waals surface area contributed by atoms with Crippen molar-refractivity contribution in [3.05, 3.63) is 134 Å². The fourth-order valence-electron chi connectivity index (χ4n) is 5.43. The van der Waals surface area contributed by atoms with Gasteiger partial charge in [0.25, 0.3) is 0 Å². The van der Waals surface area contributed by atoms with Crippen LogP contribution in [0.2, 0.25) is 0 Å². The molecular formula is C53H80O6. The van der Waals surface area contributed by atoms with Crippen LogP contribution in [0.5, 0.6) is 0 Å². The molecule has 6 nitrogen and oxygen atoms in total. The molecule has 0 amide bonds. The van der Waals surface area contributed by atoms with Crippen molar-refractivity contribution in [1.29, 1.82) is 0 Å². The molecule has 0 saturated carbocycles. The van der Waals surface area contributed by atoms with Crippen LogP contribution in [0.15, 0.2) is 134 Å². The maximum absolute atomic E-state index is 12.7. The summed E-state index contributed by atoms with van der Waals surface area (Å²) in [6.07, 6.45) is 64.3. The summed E-state index contributed by atoms with van der Waals surface area (Å²) < 4.78 is 16.6. The minimum atomic E-state index is -0.826. The van der Waals surface area contributed by atoms with E-state index in [1.807, 2.05) is 48.6 Å². The Morgan fingerprint density at radius 3 is 1.19 bits per heavy atom. The van der Waals surface area contributed by atoms with Gasteiger partial charge < -0.3 is 14.2 Å². The van der Waals surface area contributed by atoms with Crippen LogP contribution in [-0.2, 0) is 28.6 Å². The summed E-state index contributed by atoms with van der Waals surface area (Å²) in [7, 11) is 0. The Kier molecular flexibility index (Phi) is 42.8. The molecule has 6 heteroatoms. The number of allylic oxidation sites excluding steroid dienone is 22. The first kappa shape index (κ1) is 54.6. The standard InChI is InChI=1S/C53H80O6/c1-4-7-10-13-16-19-22-25-27-29-31-34-37-40-43-46-52(55)58-49-50(48-57-51(54)45-42-39-36-33-30-24-21-18-15-12-9-6-3)59-53(56)47-44-41-38-35-32-28-26-23-20-17-14-11-8-5-2/h7-13,16-22,25-31,33,50H,4-6,14-15,23-24,32,34-49H2,1-3H3/b10-7-,11-8-,12-9-,16-13-,20-17-,21-18-,22-19-,27-25-,28-26-,31-29-,33-30-. The Morgan fingerprint density at radius 2 is 0.695 bits per heavy atom. The molecule has 0 aromatic heterocycles. The van der Waals surface area contributed by atoms with Crippen molar-refractivity contribution in [3.8, 4) is 0 Å². The van der Waals surface area contributed by atoms with Crippen molar-refractivity contribution in [1.82, 2.24) is 0 Å². The van der Waals surface area contributed by atoms with Crippen LogP contribution in [0.25, 0.3) is 0 Å². The second-order valence-corrected chi connectivity index (χ2v) is 14.3. The highest BCUT2D eigenvalue weighted by molar-refractivity contribution is 5.71. The molecular weight excluding hydrogens is 733 g/mol. The van der Waals surface area contributed by atoms with Crippen LogP contribution >= 0.6 is 0 Å². The topological polar surface area (TPSA) is 78.9 Å². The number of ether oxygens (including phenoxy) is 3. The maximum Gasteiger partial charge on any atom is 0.306 e. The Bertz CT molecular complexity index is 1350. The smallest absolute Gasteiger partial charge is 0.306 e. The zero-order valence-electron chi connectivity index (χ0n) is 37.2. The molecule has 0 aliphatic carbocycles. The van der Waals surface area contributed by atoms with Gasteiger partial charge in [-0.2, -0.15) is 0 Å². The average molecular weight is 813 g/mol. The molecule has 0 aromatic carbocycles. The third-order valence-corrected chi connectivity index (χ3v) is 8.76. The number of carbonyl (C=O) groups is 3. The molecule has 0 saturated heterocycles. The first-order valence-electron chi connectivity index (χ1n) is 22.8. The maximum atomic E-state index is 12.7. The quantitative estimate of drug-likeness (QED) is 0.0203. The highest BCUT2D eigenvalue weighted by Crippen LogP contribution is 2.11. The average Bonchev–Trinajstić information content (AvgIpc) is 3.23. The summed E-state index contributed by atoms with van der Waals surface area (Å²) in [4.78, 5) is 37.8. The van der Waals surface area contributed by atoms with Gasteiger partial charge in [-0.3, -0.25) is 14.4 Å². The number of rotatable bonds is 38. The van der Waals surface area contributed by atoms with E-state index in [1.54, 1.807) is 0 Å². The van der Waals surface area contributed by atoms with E-state index in [1.165, 1.54) is 0 Å². The van der Waals surface area contributed by atoms with Crippen molar-refractivity contribution in [2.24, 2.45) is 0 Å². The Hall–Kier alpha value is -4.45. The molecule has 0 bridgehead atoms. The number of hydrogen-bond donors (Lipinski definition) is 0. The Labute approximate surface area is 360 Å². The summed E-state index contributed by atoms with van der Waals surface area (Å²) in [5, 5.41) is 0. The van der Waals surface area contributed by atoms with Crippen molar-refractivity contribution in [2.75, 3.05) is 13.2 Å². The zero-order valence-corrected chi connectivity index (χ0v) is 37.2. The van der Waals surface area contributed by atoms with E-state index in [4.69, 9.17) is 14.2 Å². The summed E-state index contributed by atoms with van der Waals surface area (Å²) in [6.45, 7) is 6.13. The predicted octanol–water partition coefficient (Wildman–Crippen LogP) is 14.7. The fourth-order valence-corrected chi connectivity index (χ4v) is 5.43. The highest BCUT2D eigenvalue weighted by atomic mass is 16.6. The van der Waals surface area contributed by atoms with Gasteiger partial charge in [-0.1, -0.05) is 174 Å². The lowest BCUT2D eigenvalue weighted by molar-refractivity contribution is -0.167. The molecule has 328 valence electrons. The molecule has 0 aliphatic heterocycles. The lowest BCUT2D eigenvalue weighted by Gasteiger charge is -2.18. The first-order valence-corrected chi connectivity index (χ1v) is 22.8. The number of carbonyl (C=O) groups excluding carboxylic acids is 3. The molecule has 1 unspecified atom stereocenters. The van der Waals surface area contributed by atoms with Gasteiger partial charge in [-0.25, -0.2) is 0 Å². The van der Waals surface area contributed by atoms with Gasteiger partial charge in [0, 0.05) is 19.3 Å². The molecule has 59 heavy (non-hydrogen) atoms. The summed E-state index contributed by atoms with van der Waals surface area (Å²) in [5.74, 6) is -1.04. The van der Waals surface area contributed by atoms with Crippen LogP contribution in [0, 0.1) is 0 Å². The van der Waals surface area contributed by atoms with Crippen LogP contribution in [0.1, 0.15) is 162 Å². The largest absolute Gasteiger partial charge is 0.462 e. The van der Waals surface area contributed by atoms with Crippen molar-refractivity contribution < 1.29 is 28.6 Å². The first-order chi connectivity index (χ1) is 29.0. The van der Waals surface area contributed by atoms with Crippen LogP contribution in [0.4, 0.5) is 0 Å². The molecule has 0 radical (unpaired) electrons. The van der Waals surface area contributed by atoms with Crippen molar-refractivity contribution in [2.45, 2.75) is 168 Å². The molecule has 0 rings (SSSR count). The number of esters is 3. The summed E-state index contributed by atoms with van der Waals surface area (Å²) in [6, 6.07) is 0. The minimum absolute atomic E-state index is 0.127. The molecule has 0 aromatic rings. The predicted molar refractivity (Wildman–Crippen MR) is 251 cm³/mol. The van der Waals surface area contributed by atoms with E-state index >= 15 is 0 Å². The lowest BCUT2D eigenvalue weighted by atomic mass is 10.1. The van der Waals surface area contributed by atoms with E-state index in [-0.39, 0.29) is 44.0 Å². The Balaban J connectivity index is 4.60. The number of hydrogen-bond acceptors (Lipinski definition) is 6. The van der Waals surface area contributed by atoms with Crippen LogP contribution in [-0.4, -0.2) is 37.2 Å². The lowest BCUT2D eigenvalue weighted by Crippen LogP contribution is -2.30. The van der Waals surface area contributed by atoms with E-state index in [0.717, 1.165) is 116 Å². The van der Waals surface area contributed by atoms with E-state index < -0.39 is 6.10 Å². The van der Waals surface area contributed by atoms with Gasteiger partial charge in [-0.05, 0) is 103 Å². The third-order valence-electron chi connectivity index (χ3n) is 8.76. The normalized spacial score (nSPS) is 13.3. The zero-order chi connectivity index (χ0) is 43.0. The minimum Gasteiger partial charge on any atom is -0.462 e. The van der Waals surface area contributed by atoms with Crippen molar-refractivity contribution >= 4 is 17.9 Å². The molecule has 1 atom stereocenters. The molecule has 0 spiro atoms. The van der Waals surface area contributed by atoms with Gasteiger partial charge >= 0.3 is 17.9 Å². The van der Waals surface area contributed by atoms with Crippen molar-refractivity contribution in [3.63, 3.8) is 0 Å². The fraction of sp³-hybridized carbons (Fsp3) is 0.528. The van der Waals surface area contributed by atoms with Crippen LogP contribution in [0.3, 0.4) is 0 Å². The summed E-state index contributed by atoms with van der Waals surface area (Å²) in [5.41, 5.74) is 0. The second-order valence-electron chi connectivity index (χ2n) is 14.3. The van der Waals surface area contributed by atoms with E-state index in [2.05, 4.69) is 106 Å². The molecule has 0 fully saturated rings. The van der Waals surface area contributed by atoms with Gasteiger partial charge in [0.05, 0.1) is 0 Å². The highest BCUT2D eigenvalue weighted by Gasteiger charge is 2.19. The summed E-state index contributed by atoms with van der Waals surface area (Å²) >= 11 is 0. The van der Waals surface area contributed by atoms with Gasteiger partial charge in [0.1, 0.15) is 13.2 Å². The molecule has 0 N–H and O–H groups in total. The van der Waals surface area contributed by atoms with Gasteiger partial charge in [-0.15, -0.1) is 0 Å². The van der Waals surface area contributed by atoms with E-state index in [0.29, 0.717) is 12.8 Å².